The van der Waals surface area contributed by atoms with Gasteiger partial charge in [-0.2, -0.15) is 0 Å². The van der Waals surface area contributed by atoms with Crippen LogP contribution in [0.2, 0.25) is 0 Å². The monoisotopic (exact) mass is 325 g/mol. The predicted molar refractivity (Wildman–Crippen MR) is 81.7 cm³/mol. The third-order valence-electron chi connectivity index (χ3n) is 2.54. The zero-order valence-electron chi connectivity index (χ0n) is 10.5. The molecule has 0 amide bonds. The highest BCUT2D eigenvalue weighted by Gasteiger charge is 2.02. The molecule has 2 rings (SSSR count). The smallest absolute Gasteiger partial charge is 0.119 e. The molecule has 0 aliphatic rings. The Morgan fingerprint density at radius 2 is 2.00 bits per heavy atom. The molecule has 2 aromatic rings. The number of hydrogen-bond acceptors (Lipinski definition) is 3. The maximum absolute atomic E-state index is 5.41. The van der Waals surface area contributed by atoms with Gasteiger partial charge in [0.05, 0.1) is 6.61 Å². The van der Waals surface area contributed by atoms with Crippen LogP contribution < -0.4 is 10.1 Å². The van der Waals surface area contributed by atoms with E-state index in [2.05, 4.69) is 34.2 Å². The fourth-order valence-electron chi connectivity index (χ4n) is 1.63. The summed E-state index contributed by atoms with van der Waals surface area (Å²) in [5, 5.41) is 3.40. The summed E-state index contributed by atoms with van der Waals surface area (Å²) in [6.45, 7) is 5.67. The van der Waals surface area contributed by atoms with Gasteiger partial charge in [0.15, 0.2) is 0 Å². The summed E-state index contributed by atoms with van der Waals surface area (Å²) in [7, 11) is 0. The molecule has 18 heavy (non-hydrogen) atoms. The van der Waals surface area contributed by atoms with Crippen molar-refractivity contribution in [3.63, 3.8) is 0 Å². The van der Waals surface area contributed by atoms with Crippen molar-refractivity contribution in [3.05, 3.63) is 44.6 Å². The van der Waals surface area contributed by atoms with Gasteiger partial charge < -0.3 is 10.1 Å². The lowest BCUT2D eigenvalue weighted by atomic mass is 10.3. The van der Waals surface area contributed by atoms with Crippen LogP contribution >= 0.6 is 27.3 Å². The zero-order valence-corrected chi connectivity index (χ0v) is 12.9. The van der Waals surface area contributed by atoms with Crippen molar-refractivity contribution in [1.29, 1.82) is 0 Å². The second-order valence-electron chi connectivity index (χ2n) is 3.93. The van der Waals surface area contributed by atoms with Crippen LogP contribution in [0.25, 0.3) is 0 Å². The van der Waals surface area contributed by atoms with E-state index in [9.17, 15) is 0 Å². The molecule has 0 spiro atoms. The molecule has 0 atom stereocenters. The molecule has 1 N–H and O–H groups in total. The van der Waals surface area contributed by atoms with E-state index in [0.717, 1.165) is 18.0 Å². The summed E-state index contributed by atoms with van der Waals surface area (Å²) in [6, 6.07) is 10.2. The number of aryl methyl sites for hydroxylation is 1. The van der Waals surface area contributed by atoms with Crippen LogP contribution in [0.5, 0.6) is 5.75 Å². The number of thiophene rings is 1. The maximum Gasteiger partial charge on any atom is 0.119 e. The van der Waals surface area contributed by atoms with Crippen LogP contribution in [0.1, 0.15) is 16.7 Å². The first-order valence-corrected chi connectivity index (χ1v) is 7.51. The van der Waals surface area contributed by atoms with E-state index >= 15 is 0 Å². The second-order valence-corrected chi connectivity index (χ2v) is 6.12. The van der Waals surface area contributed by atoms with Gasteiger partial charge in [0.1, 0.15) is 5.75 Å². The number of anilines is 1. The van der Waals surface area contributed by atoms with Crippen LogP contribution in [0.15, 0.2) is 34.8 Å². The highest BCUT2D eigenvalue weighted by Crippen LogP contribution is 2.27. The van der Waals surface area contributed by atoms with Crippen molar-refractivity contribution in [2.24, 2.45) is 0 Å². The topological polar surface area (TPSA) is 21.3 Å². The van der Waals surface area contributed by atoms with E-state index in [4.69, 9.17) is 4.74 Å². The van der Waals surface area contributed by atoms with Crippen LogP contribution in [0.4, 0.5) is 5.69 Å². The fraction of sp³-hybridized carbons (Fsp3) is 0.286. The summed E-state index contributed by atoms with van der Waals surface area (Å²) < 4.78 is 6.60. The number of halogens is 1. The molecule has 96 valence electrons. The molecule has 2 nitrogen and oxygen atoms in total. The lowest BCUT2D eigenvalue weighted by Crippen LogP contribution is -1.97. The highest BCUT2D eigenvalue weighted by atomic mass is 79.9. The van der Waals surface area contributed by atoms with Crippen molar-refractivity contribution in [2.45, 2.75) is 20.4 Å². The van der Waals surface area contributed by atoms with E-state index in [1.807, 2.05) is 42.5 Å². The Kier molecular flexibility index (Phi) is 4.66. The third-order valence-corrected chi connectivity index (χ3v) is 4.68. The Bertz CT molecular complexity index is 488. The van der Waals surface area contributed by atoms with Gasteiger partial charge >= 0.3 is 0 Å². The van der Waals surface area contributed by atoms with Crippen LogP contribution in [0.3, 0.4) is 0 Å². The van der Waals surface area contributed by atoms with Gasteiger partial charge in [-0.05, 0) is 60.1 Å². The Balaban J connectivity index is 1.93. The average molecular weight is 326 g/mol. The largest absolute Gasteiger partial charge is 0.494 e. The highest BCUT2D eigenvalue weighted by molar-refractivity contribution is 9.10. The molecule has 0 bridgehead atoms. The number of ether oxygens (including phenoxy) is 1. The average Bonchev–Trinajstić information content (AvgIpc) is 2.68. The van der Waals surface area contributed by atoms with Gasteiger partial charge in [-0.1, -0.05) is 0 Å². The first kappa shape index (κ1) is 13.4. The van der Waals surface area contributed by atoms with E-state index in [1.165, 1.54) is 14.2 Å². The summed E-state index contributed by atoms with van der Waals surface area (Å²) in [6.07, 6.45) is 0. The zero-order chi connectivity index (χ0) is 13.0. The van der Waals surface area contributed by atoms with Gasteiger partial charge in [-0.25, -0.2) is 0 Å². The van der Waals surface area contributed by atoms with E-state index in [1.54, 1.807) is 0 Å². The van der Waals surface area contributed by atoms with Crippen molar-refractivity contribution in [1.82, 2.24) is 0 Å². The Morgan fingerprint density at radius 3 is 2.56 bits per heavy atom. The molecule has 0 aliphatic carbocycles. The number of nitrogens with one attached hydrogen (secondary N) is 1. The first-order valence-electron chi connectivity index (χ1n) is 5.90. The number of hydrogen-bond donors (Lipinski definition) is 1. The van der Waals surface area contributed by atoms with Crippen molar-refractivity contribution < 1.29 is 4.74 Å². The van der Waals surface area contributed by atoms with Crippen molar-refractivity contribution >= 4 is 33.0 Å². The third kappa shape index (κ3) is 3.50. The first-order chi connectivity index (χ1) is 8.69. The molecular weight excluding hydrogens is 310 g/mol. The number of benzene rings is 1. The molecule has 1 aromatic heterocycles. The van der Waals surface area contributed by atoms with Gasteiger partial charge in [0.25, 0.3) is 0 Å². The van der Waals surface area contributed by atoms with Crippen LogP contribution in [0, 0.1) is 6.92 Å². The molecule has 0 saturated carbocycles. The standard InChI is InChI=1S/C14H16BrNOS/c1-3-17-12-6-4-11(5-7-12)16-9-13-8-14(15)10(2)18-13/h4-8,16H,3,9H2,1-2H3. The summed E-state index contributed by atoms with van der Waals surface area (Å²) in [5.74, 6) is 0.915. The molecule has 0 fully saturated rings. The Morgan fingerprint density at radius 1 is 1.28 bits per heavy atom. The Labute approximate surface area is 120 Å². The lowest BCUT2D eigenvalue weighted by Gasteiger charge is -2.06. The van der Waals surface area contributed by atoms with Gasteiger partial charge in [0.2, 0.25) is 0 Å². The van der Waals surface area contributed by atoms with Crippen LogP contribution in [-0.4, -0.2) is 6.61 Å². The predicted octanol–water partition coefficient (Wildman–Crippen LogP) is 4.83. The molecular formula is C14H16BrNOS. The summed E-state index contributed by atoms with van der Waals surface area (Å²) >= 11 is 5.35. The maximum atomic E-state index is 5.41. The summed E-state index contributed by atoms with van der Waals surface area (Å²) in [4.78, 5) is 2.65. The molecule has 0 radical (unpaired) electrons. The van der Waals surface area contributed by atoms with Crippen molar-refractivity contribution in [2.75, 3.05) is 11.9 Å². The molecule has 0 unspecified atom stereocenters. The fourth-order valence-corrected chi connectivity index (χ4v) is 3.17. The summed E-state index contributed by atoms with van der Waals surface area (Å²) in [5.41, 5.74) is 1.11. The second kappa shape index (κ2) is 6.25. The molecule has 0 saturated heterocycles. The molecule has 0 aliphatic heterocycles. The minimum atomic E-state index is 0.704. The van der Waals surface area contributed by atoms with Crippen molar-refractivity contribution in [3.8, 4) is 5.75 Å². The lowest BCUT2D eigenvalue weighted by molar-refractivity contribution is 0.340. The van der Waals surface area contributed by atoms with E-state index in [0.29, 0.717) is 6.61 Å². The van der Waals surface area contributed by atoms with E-state index in [-0.39, 0.29) is 0 Å². The SMILES string of the molecule is CCOc1ccc(NCc2cc(Br)c(C)s2)cc1. The number of rotatable bonds is 5. The van der Waals surface area contributed by atoms with Crippen LogP contribution in [-0.2, 0) is 6.54 Å². The van der Waals surface area contributed by atoms with Gasteiger partial charge in [-0.15, -0.1) is 11.3 Å². The molecule has 1 heterocycles. The Hall–Kier alpha value is -1.00. The van der Waals surface area contributed by atoms with Gasteiger partial charge in [-0.3, -0.25) is 0 Å². The molecule has 4 heteroatoms. The normalized spacial score (nSPS) is 10.4. The van der Waals surface area contributed by atoms with Gasteiger partial charge in [0, 0.05) is 26.5 Å². The minimum Gasteiger partial charge on any atom is -0.494 e. The quantitative estimate of drug-likeness (QED) is 0.850. The van der Waals surface area contributed by atoms with E-state index < -0.39 is 0 Å². The minimum absolute atomic E-state index is 0.704. The molecule has 1 aromatic carbocycles.